The second-order valence-electron chi connectivity index (χ2n) is 14.8. The first-order valence-corrected chi connectivity index (χ1v) is 20.6. The zero-order valence-corrected chi connectivity index (χ0v) is 39.3. The number of likely N-dealkylation sites (tertiary alicyclic amines) is 2. The van der Waals surface area contributed by atoms with Crippen LogP contribution in [0.25, 0.3) is 0 Å². The van der Waals surface area contributed by atoms with Crippen molar-refractivity contribution in [2.24, 2.45) is 11.8 Å². The van der Waals surface area contributed by atoms with Crippen molar-refractivity contribution in [2.75, 3.05) is 31.9 Å². The van der Waals surface area contributed by atoms with Gasteiger partial charge in [0.1, 0.15) is 17.0 Å². The predicted octanol–water partition coefficient (Wildman–Crippen LogP) is 9.52. The number of Topliss-reactive ketones (excluding diaryl/α,β-unsaturated/α-hetero) is 1. The molecule has 0 unspecified atom stereocenters. The van der Waals surface area contributed by atoms with Crippen LogP contribution in [0.2, 0.25) is 0 Å². The number of nitrogens with two attached hydrogens (primary N) is 1. The Morgan fingerprint density at radius 2 is 1.22 bits per heavy atom. The van der Waals surface area contributed by atoms with Crippen LogP contribution in [0.15, 0.2) is 45.9 Å². The number of carboxylic acids is 1. The van der Waals surface area contributed by atoms with Gasteiger partial charge < -0.3 is 52.7 Å². The zero-order chi connectivity index (χ0) is 40.2. The Bertz CT molecular complexity index is 1410. The van der Waals surface area contributed by atoms with Gasteiger partial charge in [0.15, 0.2) is 0 Å². The number of halogens is 3. The summed E-state index contributed by atoms with van der Waals surface area (Å²) in [6, 6.07) is 3.73. The summed E-state index contributed by atoms with van der Waals surface area (Å²) >= 11 is 8.81. The maximum Gasteiger partial charge on any atom is 0.410 e. The third kappa shape index (κ3) is 25.3. The molecule has 2 fully saturated rings. The fraction of sp³-hybridized carbons (Fsp3) is 0.605. The van der Waals surface area contributed by atoms with Crippen molar-refractivity contribution >= 4 is 84.1 Å². The fourth-order valence-corrected chi connectivity index (χ4v) is 5.94. The molecule has 4 heterocycles. The van der Waals surface area contributed by atoms with Gasteiger partial charge in [-0.05, 0) is 129 Å². The van der Waals surface area contributed by atoms with Gasteiger partial charge >= 0.3 is 18.2 Å². The van der Waals surface area contributed by atoms with Crippen molar-refractivity contribution in [1.29, 1.82) is 0 Å². The van der Waals surface area contributed by atoms with E-state index in [1.165, 1.54) is 6.42 Å². The van der Waals surface area contributed by atoms with E-state index in [4.69, 9.17) is 20.3 Å². The summed E-state index contributed by atoms with van der Waals surface area (Å²) in [4.78, 5) is 57.9. The van der Waals surface area contributed by atoms with Gasteiger partial charge in [-0.3, -0.25) is 24.0 Å². The second-order valence-corrected chi connectivity index (χ2v) is 17.6. The van der Waals surface area contributed by atoms with Crippen LogP contribution >= 0.6 is 54.5 Å². The van der Waals surface area contributed by atoms with Crippen LogP contribution in [0.1, 0.15) is 99.0 Å². The molecule has 0 atom stereocenters. The maximum absolute atomic E-state index is 12.2. The van der Waals surface area contributed by atoms with Crippen LogP contribution in [0, 0.1) is 16.3 Å². The van der Waals surface area contributed by atoms with Crippen LogP contribution in [-0.2, 0) is 44.0 Å². The maximum atomic E-state index is 12.2. The number of ketones is 1. The van der Waals surface area contributed by atoms with E-state index in [2.05, 4.69) is 75.8 Å². The molecule has 2 saturated heterocycles. The van der Waals surface area contributed by atoms with Crippen LogP contribution in [-0.4, -0.2) is 86.2 Å². The van der Waals surface area contributed by atoms with Gasteiger partial charge in [0.2, 0.25) is 0 Å². The Labute approximate surface area is 364 Å². The molecule has 4 rings (SSSR count). The summed E-state index contributed by atoms with van der Waals surface area (Å²) < 4.78 is 14.6. The summed E-state index contributed by atoms with van der Waals surface area (Å²) in [5.41, 5.74) is 6.03. The molecule has 1 radical (unpaired) electrons. The van der Waals surface area contributed by atoms with Crippen molar-refractivity contribution in [1.82, 2.24) is 19.8 Å². The first kappa shape index (κ1) is 52.1. The van der Waals surface area contributed by atoms with Crippen molar-refractivity contribution < 1.29 is 52.3 Å². The van der Waals surface area contributed by atoms with Crippen LogP contribution in [0.4, 0.5) is 15.3 Å². The minimum absolute atomic E-state index is 0. The minimum Gasteiger partial charge on any atom is -0.481 e. The number of carbonyl (C=O) groups excluding carboxylic acids is 3. The first-order valence-electron chi connectivity index (χ1n) is 17.8. The monoisotopic (exact) mass is 1030 g/mol. The third-order valence-electron chi connectivity index (χ3n) is 7.56. The van der Waals surface area contributed by atoms with E-state index in [0.29, 0.717) is 50.6 Å². The quantitative estimate of drug-likeness (QED) is 0.202. The first-order chi connectivity index (χ1) is 24.7. The molecule has 2 aromatic heterocycles. The molecule has 2 amide bonds. The van der Waals surface area contributed by atoms with E-state index in [1.54, 1.807) is 40.7 Å². The molecule has 2 aliphatic heterocycles. The number of hydrogen-bond donors (Lipinski definition) is 2. The molecule has 0 bridgehead atoms. The Kier molecular flexibility index (Phi) is 25.9. The van der Waals surface area contributed by atoms with Crippen molar-refractivity contribution in [3.63, 3.8) is 0 Å². The molecule has 0 aromatic carbocycles. The van der Waals surface area contributed by atoms with E-state index in [-0.39, 0.29) is 48.9 Å². The van der Waals surface area contributed by atoms with Gasteiger partial charge in [-0.1, -0.05) is 6.92 Å². The topological polar surface area (TPSA) is 165 Å². The molecule has 54 heavy (non-hydrogen) atoms. The van der Waals surface area contributed by atoms with E-state index in [9.17, 15) is 19.2 Å². The van der Waals surface area contributed by atoms with Crippen LogP contribution in [0.5, 0.6) is 0 Å². The molecule has 12 nitrogen and oxygen atoms in total. The van der Waals surface area contributed by atoms with Crippen molar-refractivity contribution in [2.45, 2.75) is 111 Å². The Hall–Kier alpha value is -1.95. The standard InChI is InChI=1S/C18H25BrN2O3.C12H21NO4.C5H5BrN2.C3H6I.V/c1-18(2,3)24-17(23)21-6-4-13(5-7-21)9-16(22)10-14-8-15(19)12-20-11-14;1-12(2,3)17-11(16)13-6-4-9(5-7-13)8-10(14)15;6-4-1-5(7)3-8-2-4;1-2-3-4;/h8,11-13H,4-7,9-10H2,1-3H3;9H,4-8H2,1-3H3,(H,14,15);1-3H,7H2;3H,2H2,1H3;/q;;;-1;. The van der Waals surface area contributed by atoms with E-state index >= 15 is 0 Å². The molecule has 303 valence electrons. The molecule has 0 saturated carbocycles. The van der Waals surface area contributed by atoms with Gasteiger partial charge in [0, 0.05) is 97.7 Å². The number of aliphatic carboxylic acids is 1. The van der Waals surface area contributed by atoms with Crippen molar-refractivity contribution in [3.8, 4) is 0 Å². The Balaban J connectivity index is 0.000000809. The van der Waals surface area contributed by atoms with Gasteiger partial charge in [-0.25, -0.2) is 9.59 Å². The Morgan fingerprint density at radius 1 is 0.815 bits per heavy atom. The van der Waals surface area contributed by atoms with Crippen LogP contribution in [0.3, 0.4) is 0 Å². The number of hydrogen-bond acceptors (Lipinski definition) is 9. The number of anilines is 1. The number of pyridine rings is 2. The van der Waals surface area contributed by atoms with E-state index < -0.39 is 17.2 Å². The van der Waals surface area contributed by atoms with Crippen LogP contribution < -0.4 is 5.73 Å². The number of nitrogen functional groups attached to an aromatic ring is 1. The zero-order valence-electron chi connectivity index (χ0n) is 32.5. The largest absolute Gasteiger partial charge is 0.481 e. The summed E-state index contributed by atoms with van der Waals surface area (Å²) in [7, 11) is 0. The summed E-state index contributed by atoms with van der Waals surface area (Å²) in [6.07, 6.45) is 11.7. The number of carbonyl (C=O) groups is 4. The molecule has 2 aromatic rings. The molecule has 3 N–H and O–H groups in total. The molecule has 2 aliphatic rings. The van der Waals surface area contributed by atoms with E-state index in [1.807, 2.05) is 47.6 Å². The number of nitrogens with zero attached hydrogens (tertiary/aromatic N) is 4. The summed E-state index contributed by atoms with van der Waals surface area (Å²) in [5.74, 6) is -0.00572. The fourth-order valence-electron chi connectivity index (χ4n) is 5.14. The number of amides is 2. The number of carboxylic acid groups (broad SMARTS) is 1. The van der Waals surface area contributed by atoms with Gasteiger partial charge in [0.05, 0.1) is 5.69 Å². The average Bonchev–Trinajstić information content (AvgIpc) is 3.04. The van der Waals surface area contributed by atoms with Crippen molar-refractivity contribution in [3.05, 3.63) is 55.9 Å². The molecule has 0 aliphatic carbocycles. The summed E-state index contributed by atoms with van der Waals surface area (Å²) in [6.45, 7) is 15.7. The molecule has 16 heteroatoms. The number of ether oxygens (including phenoxy) is 2. The number of piperidine rings is 2. The number of rotatable bonds is 7. The van der Waals surface area contributed by atoms with Gasteiger partial charge in [-0.15, -0.1) is 0 Å². The van der Waals surface area contributed by atoms with E-state index in [0.717, 1.165) is 40.2 Å². The SMILES string of the molecule is CC(C)(C)OC(=O)N1CCC(CC(=O)Cc2cncc(Br)c2)CC1.CC(C)(C)OC(=O)N1CCC(CC(=O)O)CC1.CC[CH-]I.Nc1cncc(Br)c1.[V]. The molecular formula is C38H57Br2IN5O7V-. The smallest absolute Gasteiger partial charge is 0.410 e. The van der Waals surface area contributed by atoms with Gasteiger partial charge in [0.25, 0.3) is 0 Å². The number of aromatic nitrogens is 2. The van der Waals surface area contributed by atoms with Gasteiger partial charge in [-0.2, -0.15) is 6.42 Å². The minimum atomic E-state index is -0.763. The second kappa shape index (κ2) is 26.8. The molecular weight excluding hydrogens is 976 g/mol. The third-order valence-corrected chi connectivity index (χ3v) is 9.30. The summed E-state index contributed by atoms with van der Waals surface area (Å²) in [5, 5.41) is 8.69. The predicted molar refractivity (Wildman–Crippen MR) is 224 cm³/mol. The Morgan fingerprint density at radius 3 is 1.56 bits per heavy atom. The average molecular weight is 1030 g/mol. The normalized spacial score (nSPS) is 14.7. The molecule has 0 spiro atoms.